The van der Waals surface area contributed by atoms with Gasteiger partial charge in [0.25, 0.3) is 11.6 Å². The van der Waals surface area contributed by atoms with Gasteiger partial charge in [0.05, 0.1) is 15.4 Å². The van der Waals surface area contributed by atoms with Crippen molar-refractivity contribution in [1.29, 1.82) is 0 Å². The lowest BCUT2D eigenvalue weighted by atomic mass is 9.86. The number of carbonyl (C=O) groups excluding carboxylic acids is 1. The minimum absolute atomic E-state index is 0.0580. The Labute approximate surface area is 160 Å². The topological polar surface area (TPSA) is 63.4 Å². The Kier molecular flexibility index (Phi) is 4.53. The Morgan fingerprint density at radius 3 is 2.65 bits per heavy atom. The number of benzene rings is 2. The zero-order valence-corrected chi connectivity index (χ0v) is 15.8. The van der Waals surface area contributed by atoms with E-state index in [9.17, 15) is 14.9 Å². The van der Waals surface area contributed by atoms with Crippen molar-refractivity contribution in [1.82, 2.24) is 4.90 Å². The maximum atomic E-state index is 13.3. The highest BCUT2D eigenvalue weighted by molar-refractivity contribution is 9.10. The molecule has 0 heterocycles. The van der Waals surface area contributed by atoms with Gasteiger partial charge in [-0.1, -0.05) is 24.3 Å². The van der Waals surface area contributed by atoms with E-state index in [2.05, 4.69) is 28.1 Å². The second-order valence-corrected chi connectivity index (χ2v) is 7.83. The Morgan fingerprint density at radius 2 is 1.92 bits per heavy atom. The molecule has 0 spiro atoms. The van der Waals surface area contributed by atoms with Gasteiger partial charge in [-0.2, -0.15) is 0 Å². The number of carbonyl (C=O) groups is 1. The predicted molar refractivity (Wildman–Crippen MR) is 102 cm³/mol. The van der Waals surface area contributed by atoms with E-state index in [1.807, 2.05) is 17.0 Å². The third-order valence-corrected chi connectivity index (χ3v) is 5.91. The van der Waals surface area contributed by atoms with Gasteiger partial charge in [-0.05, 0) is 71.3 Å². The number of fused-ring (bicyclic) bond motifs is 1. The summed E-state index contributed by atoms with van der Waals surface area (Å²) in [5, 5.41) is 11.2. The minimum Gasteiger partial charge on any atom is -0.329 e. The van der Waals surface area contributed by atoms with Crippen molar-refractivity contribution >= 4 is 27.5 Å². The van der Waals surface area contributed by atoms with Gasteiger partial charge in [-0.3, -0.25) is 14.9 Å². The van der Waals surface area contributed by atoms with Crippen molar-refractivity contribution in [3.05, 3.63) is 73.7 Å². The van der Waals surface area contributed by atoms with Crippen molar-refractivity contribution in [3.8, 4) is 0 Å². The number of halogens is 1. The largest absolute Gasteiger partial charge is 0.329 e. The van der Waals surface area contributed by atoms with Crippen molar-refractivity contribution in [2.45, 2.75) is 44.2 Å². The summed E-state index contributed by atoms with van der Waals surface area (Å²) in [5.41, 5.74) is 2.85. The molecule has 2 aliphatic rings. The highest BCUT2D eigenvalue weighted by atomic mass is 79.9. The van der Waals surface area contributed by atoms with E-state index in [1.165, 1.54) is 17.2 Å². The third-order valence-electron chi connectivity index (χ3n) is 5.24. The van der Waals surface area contributed by atoms with Crippen molar-refractivity contribution in [2.75, 3.05) is 0 Å². The zero-order chi connectivity index (χ0) is 18.3. The lowest BCUT2D eigenvalue weighted by Crippen LogP contribution is -2.38. The number of aryl methyl sites for hydroxylation is 1. The van der Waals surface area contributed by atoms with Crippen LogP contribution >= 0.6 is 15.9 Å². The highest BCUT2D eigenvalue weighted by Crippen LogP contribution is 2.42. The van der Waals surface area contributed by atoms with Crippen LogP contribution in [0.1, 0.15) is 53.2 Å². The second kappa shape index (κ2) is 6.83. The molecular formula is C20H19BrN2O3. The molecule has 1 atom stereocenters. The van der Waals surface area contributed by atoms with Gasteiger partial charge in [-0.15, -0.1) is 0 Å². The monoisotopic (exact) mass is 414 g/mol. The van der Waals surface area contributed by atoms with E-state index < -0.39 is 4.92 Å². The molecule has 134 valence electrons. The Morgan fingerprint density at radius 1 is 1.15 bits per heavy atom. The molecule has 1 amide bonds. The van der Waals surface area contributed by atoms with Crippen molar-refractivity contribution < 1.29 is 9.72 Å². The average molecular weight is 415 g/mol. The maximum absolute atomic E-state index is 13.3. The molecule has 2 aliphatic carbocycles. The summed E-state index contributed by atoms with van der Waals surface area (Å²) < 4.78 is 0.389. The van der Waals surface area contributed by atoms with Gasteiger partial charge in [0.15, 0.2) is 0 Å². The fourth-order valence-corrected chi connectivity index (χ4v) is 4.26. The molecule has 0 N–H and O–H groups in total. The summed E-state index contributed by atoms with van der Waals surface area (Å²) in [4.78, 5) is 26.1. The van der Waals surface area contributed by atoms with Gasteiger partial charge < -0.3 is 4.90 Å². The van der Waals surface area contributed by atoms with Gasteiger partial charge in [0, 0.05) is 17.7 Å². The van der Waals surface area contributed by atoms with E-state index >= 15 is 0 Å². The lowest BCUT2D eigenvalue weighted by molar-refractivity contribution is -0.385. The lowest BCUT2D eigenvalue weighted by Gasteiger charge is -2.36. The van der Waals surface area contributed by atoms with Crippen LogP contribution in [0, 0.1) is 10.1 Å². The fourth-order valence-electron chi connectivity index (χ4n) is 3.87. The minimum atomic E-state index is -0.460. The van der Waals surface area contributed by atoms with E-state index in [-0.39, 0.29) is 23.7 Å². The first kappa shape index (κ1) is 17.2. The van der Waals surface area contributed by atoms with Crippen LogP contribution in [0.15, 0.2) is 46.9 Å². The van der Waals surface area contributed by atoms with Gasteiger partial charge in [0.2, 0.25) is 0 Å². The fraction of sp³-hybridized carbons (Fsp3) is 0.350. The molecule has 26 heavy (non-hydrogen) atoms. The molecule has 2 aromatic carbocycles. The van der Waals surface area contributed by atoms with Crippen LogP contribution in [0.3, 0.4) is 0 Å². The molecule has 0 bridgehead atoms. The van der Waals surface area contributed by atoms with Crippen LogP contribution in [0.25, 0.3) is 0 Å². The first-order chi connectivity index (χ1) is 12.6. The standard InChI is InChI=1S/C20H19BrN2O3/c21-17-11-8-14(12-19(17)23(25)26)20(24)22(15-9-10-15)18-7-3-5-13-4-1-2-6-16(13)18/h1-2,4,6,8,11-12,15,18H,3,5,7,9-10H2. The Balaban J connectivity index is 1.71. The molecule has 4 rings (SSSR count). The average Bonchev–Trinajstić information content (AvgIpc) is 3.47. The molecule has 1 unspecified atom stereocenters. The number of rotatable bonds is 4. The number of nitrogens with zero attached hydrogens (tertiary/aromatic N) is 2. The normalized spacial score (nSPS) is 18.9. The summed E-state index contributed by atoms with van der Waals surface area (Å²) in [6, 6.07) is 13.3. The number of hydrogen-bond acceptors (Lipinski definition) is 3. The highest BCUT2D eigenvalue weighted by Gasteiger charge is 2.40. The molecule has 6 heteroatoms. The van der Waals surface area contributed by atoms with Gasteiger partial charge in [-0.25, -0.2) is 0 Å². The smallest absolute Gasteiger partial charge is 0.284 e. The zero-order valence-electron chi connectivity index (χ0n) is 14.2. The van der Waals surface area contributed by atoms with Crippen LogP contribution in [-0.2, 0) is 6.42 Å². The van der Waals surface area contributed by atoms with E-state index in [0.717, 1.165) is 32.1 Å². The summed E-state index contributed by atoms with van der Waals surface area (Å²) >= 11 is 3.19. The van der Waals surface area contributed by atoms with Gasteiger partial charge in [0.1, 0.15) is 0 Å². The summed E-state index contributed by atoms with van der Waals surface area (Å²) in [6.45, 7) is 0. The summed E-state index contributed by atoms with van der Waals surface area (Å²) in [5.74, 6) is -0.107. The van der Waals surface area contributed by atoms with Crippen LogP contribution in [-0.4, -0.2) is 21.8 Å². The molecular weight excluding hydrogens is 396 g/mol. The third kappa shape index (κ3) is 3.14. The number of hydrogen-bond donors (Lipinski definition) is 0. The van der Waals surface area contributed by atoms with Crippen LogP contribution in [0.4, 0.5) is 5.69 Å². The predicted octanol–water partition coefficient (Wildman–Crippen LogP) is 5.04. The van der Waals surface area contributed by atoms with Gasteiger partial charge >= 0.3 is 0 Å². The number of nitro groups is 1. The van der Waals surface area contributed by atoms with Crippen LogP contribution in [0.2, 0.25) is 0 Å². The van der Waals surface area contributed by atoms with E-state index in [1.54, 1.807) is 12.1 Å². The molecule has 0 aliphatic heterocycles. The van der Waals surface area contributed by atoms with Crippen molar-refractivity contribution in [3.63, 3.8) is 0 Å². The van der Waals surface area contributed by atoms with E-state index in [4.69, 9.17) is 0 Å². The molecule has 0 radical (unpaired) electrons. The quantitative estimate of drug-likeness (QED) is 0.519. The number of nitro benzene ring substituents is 1. The first-order valence-electron chi connectivity index (χ1n) is 8.90. The molecule has 2 aromatic rings. The SMILES string of the molecule is O=C(c1ccc(Br)c([N+](=O)[O-])c1)N(C1CC1)C1CCCc2ccccc21. The van der Waals surface area contributed by atoms with Crippen LogP contribution in [0.5, 0.6) is 0 Å². The molecule has 5 nitrogen and oxygen atoms in total. The first-order valence-corrected chi connectivity index (χ1v) is 9.70. The molecule has 0 aromatic heterocycles. The second-order valence-electron chi connectivity index (χ2n) is 6.97. The molecule has 1 saturated carbocycles. The van der Waals surface area contributed by atoms with E-state index in [0.29, 0.717) is 10.0 Å². The van der Waals surface area contributed by atoms with Crippen LogP contribution < -0.4 is 0 Å². The molecule has 0 saturated heterocycles. The maximum Gasteiger partial charge on any atom is 0.284 e. The number of amides is 1. The van der Waals surface area contributed by atoms with Crippen molar-refractivity contribution in [2.24, 2.45) is 0 Å². The molecule has 1 fully saturated rings. The Bertz CT molecular complexity index is 879. The summed E-state index contributed by atoms with van der Waals surface area (Å²) in [7, 11) is 0. The Hall–Kier alpha value is -2.21. The summed E-state index contributed by atoms with van der Waals surface area (Å²) in [6.07, 6.45) is 5.05.